The molecule has 13 heavy (non-hydrogen) atoms. The molecule has 1 radical (unpaired) electrons. The molecule has 0 N–H and O–H groups in total. The summed E-state index contributed by atoms with van der Waals surface area (Å²) in [5.41, 5.74) is -0.598. The molecular weight excluding hydrogens is 197 g/mol. The highest BCUT2D eigenvalue weighted by molar-refractivity contribution is 8.01. The molecule has 0 aliphatic rings. The van der Waals surface area contributed by atoms with Crippen LogP contribution in [0.5, 0.6) is 0 Å². The lowest BCUT2D eigenvalue weighted by Gasteiger charge is -2.07. The van der Waals surface area contributed by atoms with Crippen LogP contribution in [0.2, 0.25) is 0 Å². The topological polar surface area (TPSA) is 0 Å². The van der Waals surface area contributed by atoms with E-state index in [1.165, 1.54) is 17.8 Å². The van der Waals surface area contributed by atoms with Crippen molar-refractivity contribution in [1.29, 1.82) is 0 Å². The Bertz CT molecular complexity index is 280. The Morgan fingerprint density at radius 2 is 2.00 bits per heavy atom. The number of thioether (sulfide) groups is 1. The fourth-order valence-electron chi connectivity index (χ4n) is 0.882. The second-order valence-corrected chi connectivity index (χ2v) is 3.56. The Hall–Kier alpha value is -0.640. The van der Waals surface area contributed by atoms with Crippen molar-refractivity contribution < 1.29 is 13.2 Å². The van der Waals surface area contributed by atoms with Crippen LogP contribution in [-0.4, -0.2) is 0 Å². The number of hydrogen-bond donors (Lipinski definition) is 0. The van der Waals surface area contributed by atoms with Crippen molar-refractivity contribution in [1.82, 2.24) is 0 Å². The summed E-state index contributed by atoms with van der Waals surface area (Å²) in [6, 6.07) is 5.28. The van der Waals surface area contributed by atoms with Crippen LogP contribution in [-0.2, 0) is 6.18 Å². The van der Waals surface area contributed by atoms with Gasteiger partial charge in [0.1, 0.15) is 0 Å². The lowest BCUT2D eigenvalue weighted by atomic mass is 10.2. The van der Waals surface area contributed by atoms with Gasteiger partial charge in [0.05, 0.1) is 5.56 Å². The second-order valence-electron chi connectivity index (χ2n) is 2.38. The quantitative estimate of drug-likeness (QED) is 0.658. The van der Waals surface area contributed by atoms with E-state index in [9.17, 15) is 13.2 Å². The standard InChI is InChI=1S/C9H8F3S/c1-2-13-8-5-3-4-7(6-8)9(10,11)12/h2-6H,1H3. The molecule has 0 aliphatic heterocycles. The Balaban J connectivity index is 2.92. The number of halogens is 3. The molecule has 0 fully saturated rings. The maximum absolute atomic E-state index is 12.2. The largest absolute Gasteiger partial charge is 0.416 e. The highest BCUT2D eigenvalue weighted by Crippen LogP contribution is 2.32. The Kier molecular flexibility index (Phi) is 3.25. The van der Waals surface area contributed by atoms with Crippen molar-refractivity contribution in [3.05, 3.63) is 35.6 Å². The second kappa shape index (κ2) is 4.05. The summed E-state index contributed by atoms with van der Waals surface area (Å²) in [5.74, 6) is 1.75. The van der Waals surface area contributed by atoms with Crippen LogP contribution < -0.4 is 0 Å². The van der Waals surface area contributed by atoms with Crippen molar-refractivity contribution in [3.8, 4) is 0 Å². The lowest BCUT2D eigenvalue weighted by Crippen LogP contribution is -2.04. The molecule has 1 rings (SSSR count). The van der Waals surface area contributed by atoms with E-state index in [1.54, 1.807) is 18.7 Å². The number of benzene rings is 1. The summed E-state index contributed by atoms with van der Waals surface area (Å²) >= 11 is 1.28. The SMILES string of the molecule is C[CH]Sc1cccc(C(F)(F)F)c1. The van der Waals surface area contributed by atoms with E-state index in [0.717, 1.165) is 12.1 Å². The first-order chi connectivity index (χ1) is 6.04. The molecule has 0 heterocycles. The fraction of sp³-hybridized carbons (Fsp3) is 0.222. The summed E-state index contributed by atoms with van der Waals surface area (Å²) in [6.07, 6.45) is -4.25. The molecule has 0 aromatic heterocycles. The van der Waals surface area contributed by atoms with Crippen LogP contribution >= 0.6 is 11.8 Å². The van der Waals surface area contributed by atoms with Gasteiger partial charge in [-0.1, -0.05) is 13.0 Å². The van der Waals surface area contributed by atoms with E-state index in [-0.39, 0.29) is 0 Å². The molecule has 0 spiro atoms. The predicted octanol–water partition coefficient (Wildman–Crippen LogP) is 3.98. The molecule has 71 valence electrons. The molecule has 1 aromatic carbocycles. The van der Waals surface area contributed by atoms with Gasteiger partial charge in [-0.15, -0.1) is 11.8 Å². The maximum atomic E-state index is 12.2. The Morgan fingerprint density at radius 3 is 2.54 bits per heavy atom. The zero-order chi connectivity index (χ0) is 9.90. The summed E-state index contributed by atoms with van der Waals surface area (Å²) in [6.45, 7) is 1.78. The third-order valence-electron chi connectivity index (χ3n) is 1.42. The van der Waals surface area contributed by atoms with Gasteiger partial charge in [-0.25, -0.2) is 0 Å². The molecule has 0 bridgehead atoms. The van der Waals surface area contributed by atoms with E-state index >= 15 is 0 Å². The van der Waals surface area contributed by atoms with Crippen molar-refractivity contribution in [2.75, 3.05) is 0 Å². The monoisotopic (exact) mass is 205 g/mol. The van der Waals surface area contributed by atoms with E-state index < -0.39 is 11.7 Å². The molecule has 0 nitrogen and oxygen atoms in total. The molecule has 0 unspecified atom stereocenters. The first kappa shape index (κ1) is 10.4. The number of hydrogen-bond acceptors (Lipinski definition) is 1. The molecule has 0 saturated heterocycles. The minimum atomic E-state index is -4.25. The zero-order valence-electron chi connectivity index (χ0n) is 6.93. The van der Waals surface area contributed by atoms with Crippen LogP contribution in [0, 0.1) is 5.75 Å². The van der Waals surface area contributed by atoms with Crippen LogP contribution in [0.15, 0.2) is 29.2 Å². The Morgan fingerprint density at radius 1 is 1.31 bits per heavy atom. The maximum Gasteiger partial charge on any atom is 0.416 e. The average Bonchev–Trinajstić information content (AvgIpc) is 2.04. The summed E-state index contributed by atoms with van der Waals surface area (Å²) in [5, 5.41) is 0. The first-order valence-electron chi connectivity index (χ1n) is 3.66. The van der Waals surface area contributed by atoms with E-state index in [2.05, 4.69) is 0 Å². The summed E-state index contributed by atoms with van der Waals surface area (Å²) in [7, 11) is 0. The van der Waals surface area contributed by atoms with Crippen molar-refractivity contribution in [2.24, 2.45) is 0 Å². The molecule has 0 saturated carbocycles. The van der Waals surface area contributed by atoms with Crippen molar-refractivity contribution in [3.63, 3.8) is 0 Å². The summed E-state index contributed by atoms with van der Waals surface area (Å²) in [4.78, 5) is 0.609. The van der Waals surface area contributed by atoms with Crippen molar-refractivity contribution >= 4 is 11.8 Å². The van der Waals surface area contributed by atoms with Gasteiger partial charge in [0.15, 0.2) is 0 Å². The molecular formula is C9H8F3S. The molecule has 0 atom stereocenters. The van der Waals surface area contributed by atoms with Crippen molar-refractivity contribution in [2.45, 2.75) is 18.0 Å². The van der Waals surface area contributed by atoms with Gasteiger partial charge in [-0.3, -0.25) is 0 Å². The van der Waals surface area contributed by atoms with Crippen LogP contribution in [0.1, 0.15) is 12.5 Å². The normalized spacial score (nSPS) is 11.7. The molecule has 1 aromatic rings. The van der Waals surface area contributed by atoms with Gasteiger partial charge in [-0.05, 0) is 18.2 Å². The van der Waals surface area contributed by atoms with E-state index in [0.29, 0.717) is 4.90 Å². The summed E-state index contributed by atoms with van der Waals surface area (Å²) < 4.78 is 36.6. The van der Waals surface area contributed by atoms with Gasteiger partial charge >= 0.3 is 6.18 Å². The third kappa shape index (κ3) is 2.95. The zero-order valence-corrected chi connectivity index (χ0v) is 7.75. The highest BCUT2D eigenvalue weighted by Gasteiger charge is 2.30. The minimum Gasteiger partial charge on any atom is -0.166 e. The first-order valence-corrected chi connectivity index (χ1v) is 4.54. The van der Waals surface area contributed by atoms with Gasteiger partial charge in [-0.2, -0.15) is 13.2 Å². The third-order valence-corrected chi connectivity index (χ3v) is 2.18. The van der Waals surface area contributed by atoms with Crippen LogP contribution in [0.4, 0.5) is 13.2 Å². The van der Waals surface area contributed by atoms with Gasteiger partial charge < -0.3 is 0 Å². The van der Waals surface area contributed by atoms with Crippen LogP contribution in [0.25, 0.3) is 0 Å². The average molecular weight is 205 g/mol. The lowest BCUT2D eigenvalue weighted by molar-refractivity contribution is -0.137. The minimum absolute atomic E-state index is 0.598. The molecule has 0 amide bonds. The molecule has 0 aliphatic carbocycles. The van der Waals surface area contributed by atoms with Gasteiger partial charge in [0.25, 0.3) is 0 Å². The van der Waals surface area contributed by atoms with Gasteiger partial charge in [0.2, 0.25) is 0 Å². The van der Waals surface area contributed by atoms with E-state index in [4.69, 9.17) is 0 Å². The number of rotatable bonds is 2. The van der Waals surface area contributed by atoms with Gasteiger partial charge in [0, 0.05) is 10.6 Å². The highest BCUT2D eigenvalue weighted by atomic mass is 32.2. The van der Waals surface area contributed by atoms with Crippen LogP contribution in [0.3, 0.4) is 0 Å². The van der Waals surface area contributed by atoms with E-state index in [1.807, 2.05) is 0 Å². The Labute approximate surface area is 79.1 Å². The number of alkyl halides is 3. The smallest absolute Gasteiger partial charge is 0.166 e. The molecule has 4 heteroatoms. The predicted molar refractivity (Wildman–Crippen MR) is 47.3 cm³/mol. The fourth-order valence-corrected chi connectivity index (χ4v) is 1.51.